The molecule has 4 bridgehead atoms. The SMILES string of the molecule is C[C@@H]1CN(C2CCN(C(=O)OC(C)(C)C)CC2)CCN1c1cccc(C(=O)NC2C3CC4CC2CC(O)(C4)C3)n1. The number of likely N-dealkylation sites (tertiary alicyclic amines) is 1. The molecule has 40 heavy (non-hydrogen) atoms. The summed E-state index contributed by atoms with van der Waals surface area (Å²) in [5, 5.41) is 14.2. The number of piperazine rings is 1. The molecular formula is C31H47N5O4. The fraction of sp³-hybridized carbons (Fsp3) is 0.774. The minimum Gasteiger partial charge on any atom is -0.444 e. The van der Waals surface area contributed by atoms with Crippen molar-refractivity contribution in [1.82, 2.24) is 20.1 Å². The Bertz CT molecular complexity index is 1100. The van der Waals surface area contributed by atoms with Gasteiger partial charge in [-0.15, -0.1) is 0 Å². The van der Waals surface area contributed by atoms with Gasteiger partial charge in [0.15, 0.2) is 0 Å². The molecule has 0 aromatic carbocycles. The summed E-state index contributed by atoms with van der Waals surface area (Å²) in [5.41, 5.74) is -0.484. The molecule has 220 valence electrons. The molecule has 0 radical (unpaired) electrons. The molecule has 7 rings (SSSR count). The summed E-state index contributed by atoms with van der Waals surface area (Å²) in [7, 11) is 0. The molecule has 6 fully saturated rings. The van der Waals surface area contributed by atoms with Gasteiger partial charge >= 0.3 is 6.09 Å². The molecular weight excluding hydrogens is 506 g/mol. The number of aliphatic hydroxyl groups is 1. The smallest absolute Gasteiger partial charge is 0.410 e. The van der Waals surface area contributed by atoms with Crippen LogP contribution >= 0.6 is 0 Å². The predicted molar refractivity (Wildman–Crippen MR) is 153 cm³/mol. The summed E-state index contributed by atoms with van der Waals surface area (Å²) in [6.45, 7) is 12.2. The minimum atomic E-state index is -0.497. The number of rotatable bonds is 4. The lowest BCUT2D eigenvalue weighted by molar-refractivity contribution is -0.136. The van der Waals surface area contributed by atoms with E-state index in [0.29, 0.717) is 29.5 Å². The van der Waals surface area contributed by atoms with Gasteiger partial charge < -0.3 is 25.0 Å². The molecule has 4 aliphatic carbocycles. The molecule has 3 heterocycles. The Morgan fingerprint density at radius 3 is 2.38 bits per heavy atom. The number of carbonyl (C=O) groups excluding carboxylic acids is 2. The molecule has 0 spiro atoms. The van der Waals surface area contributed by atoms with Gasteiger partial charge in [-0.2, -0.15) is 0 Å². The monoisotopic (exact) mass is 553 g/mol. The van der Waals surface area contributed by atoms with Crippen LogP contribution in [0.5, 0.6) is 0 Å². The number of hydrogen-bond donors (Lipinski definition) is 2. The van der Waals surface area contributed by atoms with E-state index in [1.807, 2.05) is 43.9 Å². The van der Waals surface area contributed by atoms with Crippen LogP contribution in [-0.4, -0.2) is 93.9 Å². The second-order valence-corrected chi connectivity index (χ2v) is 14.3. The van der Waals surface area contributed by atoms with Crippen LogP contribution in [0, 0.1) is 17.8 Å². The molecule has 6 aliphatic rings. The summed E-state index contributed by atoms with van der Waals surface area (Å²) < 4.78 is 5.56. The van der Waals surface area contributed by atoms with Crippen molar-refractivity contribution in [3.8, 4) is 0 Å². The van der Waals surface area contributed by atoms with E-state index in [4.69, 9.17) is 9.72 Å². The van der Waals surface area contributed by atoms with Gasteiger partial charge in [-0.25, -0.2) is 9.78 Å². The molecule has 4 saturated carbocycles. The highest BCUT2D eigenvalue weighted by atomic mass is 16.6. The Morgan fingerprint density at radius 2 is 1.75 bits per heavy atom. The van der Waals surface area contributed by atoms with Crippen molar-refractivity contribution in [3.63, 3.8) is 0 Å². The standard InChI is InChI=1S/C31H47N5O4/c1-20-19-35(24-8-10-34(11-9-24)29(38)40-30(2,3)4)12-13-36(20)26-7-5-6-25(32-26)28(37)33-27-22-14-21-15-23(27)18-31(39,16-21)17-22/h5-7,20-24,27,39H,8-19H2,1-4H3,(H,33,37)/t20-,21?,22?,23?,27?,31?/m1/s1. The summed E-state index contributed by atoms with van der Waals surface area (Å²) in [4.78, 5) is 37.3. The topological polar surface area (TPSA) is 98.2 Å². The van der Waals surface area contributed by atoms with E-state index in [-0.39, 0.29) is 24.1 Å². The second kappa shape index (κ2) is 10.5. The molecule has 9 nitrogen and oxygen atoms in total. The predicted octanol–water partition coefficient (Wildman–Crippen LogP) is 3.66. The van der Waals surface area contributed by atoms with Gasteiger partial charge in [0.1, 0.15) is 17.1 Å². The van der Waals surface area contributed by atoms with Crippen molar-refractivity contribution in [2.75, 3.05) is 37.6 Å². The lowest BCUT2D eigenvalue weighted by atomic mass is 9.52. The summed E-state index contributed by atoms with van der Waals surface area (Å²) >= 11 is 0. The fourth-order valence-electron chi connectivity index (χ4n) is 8.55. The summed E-state index contributed by atoms with van der Waals surface area (Å²) in [6.07, 6.45) is 6.54. The number of pyridine rings is 1. The maximum atomic E-state index is 13.3. The maximum absolute atomic E-state index is 13.3. The van der Waals surface area contributed by atoms with Crippen molar-refractivity contribution in [2.45, 2.75) is 102 Å². The van der Waals surface area contributed by atoms with Gasteiger partial charge in [0.25, 0.3) is 5.91 Å². The largest absolute Gasteiger partial charge is 0.444 e. The quantitative estimate of drug-likeness (QED) is 0.587. The van der Waals surface area contributed by atoms with Gasteiger partial charge in [-0.05, 0) is 103 Å². The van der Waals surface area contributed by atoms with Crippen LogP contribution < -0.4 is 10.2 Å². The Morgan fingerprint density at radius 1 is 1.05 bits per heavy atom. The van der Waals surface area contributed by atoms with Crippen LogP contribution in [0.2, 0.25) is 0 Å². The molecule has 1 aromatic rings. The molecule has 2 saturated heterocycles. The van der Waals surface area contributed by atoms with E-state index < -0.39 is 11.2 Å². The zero-order valence-corrected chi connectivity index (χ0v) is 24.6. The van der Waals surface area contributed by atoms with Crippen LogP contribution in [0.25, 0.3) is 0 Å². The van der Waals surface area contributed by atoms with Crippen molar-refractivity contribution >= 4 is 17.8 Å². The van der Waals surface area contributed by atoms with Crippen LogP contribution in [0.3, 0.4) is 0 Å². The average molecular weight is 554 g/mol. The first kappa shape index (κ1) is 27.8. The van der Waals surface area contributed by atoms with Gasteiger partial charge in [0.2, 0.25) is 0 Å². The van der Waals surface area contributed by atoms with E-state index >= 15 is 0 Å². The first-order valence-electron chi connectivity index (χ1n) is 15.5. The molecule has 2 aliphatic heterocycles. The second-order valence-electron chi connectivity index (χ2n) is 14.3. The van der Waals surface area contributed by atoms with Crippen molar-refractivity contribution in [3.05, 3.63) is 23.9 Å². The van der Waals surface area contributed by atoms with Crippen LogP contribution in [0.15, 0.2) is 18.2 Å². The highest BCUT2D eigenvalue weighted by Crippen LogP contribution is 2.55. The van der Waals surface area contributed by atoms with Crippen LogP contribution in [-0.2, 0) is 4.74 Å². The van der Waals surface area contributed by atoms with E-state index in [1.54, 1.807) is 0 Å². The summed E-state index contributed by atoms with van der Waals surface area (Å²) in [5.74, 6) is 2.16. The third-order valence-corrected chi connectivity index (χ3v) is 10.1. The zero-order valence-electron chi connectivity index (χ0n) is 24.6. The maximum Gasteiger partial charge on any atom is 0.410 e. The normalized spacial score (nSPS) is 34.7. The molecule has 2 N–H and O–H groups in total. The first-order valence-corrected chi connectivity index (χ1v) is 15.5. The Hall–Kier alpha value is -2.39. The van der Waals surface area contributed by atoms with E-state index in [0.717, 1.165) is 83.5 Å². The number of piperidine rings is 1. The minimum absolute atomic E-state index is 0.0886. The highest BCUT2D eigenvalue weighted by molar-refractivity contribution is 5.93. The lowest BCUT2D eigenvalue weighted by Crippen LogP contribution is -2.61. The average Bonchev–Trinajstić information content (AvgIpc) is 2.89. The number of amides is 2. The Labute approximate surface area is 238 Å². The first-order chi connectivity index (χ1) is 19.0. The lowest BCUT2D eigenvalue weighted by Gasteiger charge is -2.58. The van der Waals surface area contributed by atoms with Crippen molar-refractivity contribution < 1.29 is 19.4 Å². The van der Waals surface area contributed by atoms with Crippen LogP contribution in [0.4, 0.5) is 10.6 Å². The zero-order chi connectivity index (χ0) is 28.2. The molecule has 1 aromatic heterocycles. The molecule has 3 atom stereocenters. The molecule has 2 amide bonds. The number of hydrogen-bond acceptors (Lipinski definition) is 7. The van der Waals surface area contributed by atoms with Crippen molar-refractivity contribution in [1.29, 1.82) is 0 Å². The van der Waals surface area contributed by atoms with Gasteiger partial charge in [-0.3, -0.25) is 9.69 Å². The number of ether oxygens (including phenoxy) is 1. The molecule has 9 heteroatoms. The molecule has 2 unspecified atom stereocenters. The summed E-state index contributed by atoms with van der Waals surface area (Å²) in [6, 6.07) is 6.67. The van der Waals surface area contributed by atoms with Gasteiger partial charge in [0.05, 0.1) is 5.60 Å². The third kappa shape index (κ3) is 5.69. The number of carbonyl (C=O) groups is 2. The number of nitrogens with one attached hydrogen (secondary N) is 1. The Balaban J connectivity index is 1.03. The van der Waals surface area contributed by atoms with E-state index in [9.17, 15) is 14.7 Å². The highest BCUT2D eigenvalue weighted by Gasteiger charge is 2.55. The number of aromatic nitrogens is 1. The van der Waals surface area contributed by atoms with E-state index in [1.165, 1.54) is 0 Å². The van der Waals surface area contributed by atoms with Gasteiger partial charge in [0, 0.05) is 50.8 Å². The van der Waals surface area contributed by atoms with E-state index in [2.05, 4.69) is 22.0 Å². The number of anilines is 1. The third-order valence-electron chi connectivity index (χ3n) is 10.1. The fourth-order valence-corrected chi connectivity index (χ4v) is 8.55. The van der Waals surface area contributed by atoms with Gasteiger partial charge in [-0.1, -0.05) is 6.07 Å². The number of nitrogens with zero attached hydrogens (tertiary/aromatic N) is 4. The Kier molecular flexibility index (Phi) is 7.26. The van der Waals surface area contributed by atoms with Crippen LogP contribution in [0.1, 0.15) is 83.1 Å². The van der Waals surface area contributed by atoms with Crippen molar-refractivity contribution in [2.24, 2.45) is 17.8 Å².